The molecule has 0 saturated carbocycles. The quantitative estimate of drug-likeness (QED) is 0.804. The molecule has 1 aromatic carbocycles. The Kier molecular flexibility index (Phi) is 4.22. The molecular weight excluding hydrogens is 247 g/mol. The monoisotopic (exact) mass is 262 g/mol. The Morgan fingerprint density at radius 1 is 1.47 bits per heavy atom. The number of rotatable bonds is 5. The van der Waals surface area contributed by atoms with E-state index in [2.05, 4.69) is 20.5 Å². The van der Waals surface area contributed by atoms with Crippen LogP contribution in [0.15, 0.2) is 24.5 Å². The van der Waals surface area contributed by atoms with E-state index in [9.17, 15) is 9.18 Å². The van der Waals surface area contributed by atoms with Crippen molar-refractivity contribution in [2.24, 2.45) is 0 Å². The summed E-state index contributed by atoms with van der Waals surface area (Å²) >= 11 is 0. The van der Waals surface area contributed by atoms with E-state index in [1.807, 2.05) is 0 Å². The fraction of sp³-hybridized carbons (Fsp3) is 0.308. The second-order valence-corrected chi connectivity index (χ2v) is 4.27. The number of carbonyl (C=O) groups is 1. The summed E-state index contributed by atoms with van der Waals surface area (Å²) < 4.78 is 13.5. The van der Waals surface area contributed by atoms with Crippen molar-refractivity contribution in [1.82, 2.24) is 20.5 Å². The van der Waals surface area contributed by atoms with Gasteiger partial charge in [-0.1, -0.05) is 6.07 Å². The highest BCUT2D eigenvalue weighted by atomic mass is 19.1. The molecule has 19 heavy (non-hydrogen) atoms. The molecule has 0 aliphatic carbocycles. The van der Waals surface area contributed by atoms with Crippen LogP contribution in [-0.2, 0) is 6.42 Å². The highest BCUT2D eigenvalue weighted by Gasteiger charge is 2.10. The Labute approximate surface area is 110 Å². The zero-order valence-electron chi connectivity index (χ0n) is 10.6. The Hall–Kier alpha value is -2.24. The van der Waals surface area contributed by atoms with E-state index >= 15 is 0 Å². The van der Waals surface area contributed by atoms with Gasteiger partial charge in [0.25, 0.3) is 5.91 Å². The van der Waals surface area contributed by atoms with Gasteiger partial charge >= 0.3 is 0 Å². The highest BCUT2D eigenvalue weighted by Crippen LogP contribution is 2.09. The van der Waals surface area contributed by atoms with Gasteiger partial charge in [0.2, 0.25) is 0 Å². The molecule has 2 aromatic rings. The number of benzene rings is 1. The van der Waals surface area contributed by atoms with Crippen LogP contribution in [0.4, 0.5) is 4.39 Å². The van der Waals surface area contributed by atoms with Crippen LogP contribution in [0.1, 0.15) is 28.2 Å². The lowest BCUT2D eigenvalue weighted by molar-refractivity contribution is 0.0949. The summed E-state index contributed by atoms with van der Waals surface area (Å²) in [4.78, 5) is 15.7. The Morgan fingerprint density at radius 2 is 2.32 bits per heavy atom. The molecule has 0 aliphatic heterocycles. The van der Waals surface area contributed by atoms with E-state index in [-0.39, 0.29) is 5.56 Å². The van der Waals surface area contributed by atoms with Crippen LogP contribution in [0, 0.1) is 12.7 Å². The first-order valence-electron chi connectivity index (χ1n) is 6.05. The molecule has 100 valence electrons. The van der Waals surface area contributed by atoms with Crippen LogP contribution < -0.4 is 5.32 Å². The van der Waals surface area contributed by atoms with Crippen LogP contribution in [0.3, 0.4) is 0 Å². The second-order valence-electron chi connectivity index (χ2n) is 4.27. The van der Waals surface area contributed by atoms with E-state index in [1.165, 1.54) is 18.5 Å². The molecule has 2 N–H and O–H groups in total. The molecule has 1 amide bonds. The normalized spacial score (nSPS) is 10.4. The maximum atomic E-state index is 13.5. The van der Waals surface area contributed by atoms with E-state index < -0.39 is 11.7 Å². The zero-order valence-corrected chi connectivity index (χ0v) is 10.6. The first kappa shape index (κ1) is 13.2. The van der Waals surface area contributed by atoms with Gasteiger partial charge in [0.1, 0.15) is 18.0 Å². The van der Waals surface area contributed by atoms with Crippen LogP contribution in [0.2, 0.25) is 0 Å². The summed E-state index contributed by atoms with van der Waals surface area (Å²) in [6, 6.07) is 4.56. The predicted octanol–water partition coefficient (Wildman–Crippen LogP) is 1.61. The topological polar surface area (TPSA) is 70.7 Å². The molecule has 0 radical (unpaired) electrons. The number of H-pyrrole nitrogens is 1. The van der Waals surface area contributed by atoms with Crippen molar-refractivity contribution in [3.8, 4) is 0 Å². The number of aromatic amines is 1. The second kappa shape index (κ2) is 6.08. The maximum absolute atomic E-state index is 13.5. The number of nitrogens with zero attached hydrogens (tertiary/aromatic N) is 2. The lowest BCUT2D eigenvalue weighted by Crippen LogP contribution is -2.25. The summed E-state index contributed by atoms with van der Waals surface area (Å²) in [6.07, 6.45) is 2.85. The summed E-state index contributed by atoms with van der Waals surface area (Å²) in [7, 11) is 0. The minimum Gasteiger partial charge on any atom is -0.352 e. The van der Waals surface area contributed by atoms with Gasteiger partial charge in [-0.3, -0.25) is 9.89 Å². The van der Waals surface area contributed by atoms with Gasteiger partial charge in [0.15, 0.2) is 0 Å². The lowest BCUT2D eigenvalue weighted by atomic mass is 10.1. The van der Waals surface area contributed by atoms with E-state index in [4.69, 9.17) is 0 Å². The molecule has 0 atom stereocenters. The number of hydrogen-bond donors (Lipinski definition) is 2. The Morgan fingerprint density at radius 3 is 3.00 bits per heavy atom. The third-order valence-corrected chi connectivity index (χ3v) is 2.71. The first-order chi connectivity index (χ1) is 9.16. The number of carbonyl (C=O) groups excluding carboxylic acids is 1. The van der Waals surface area contributed by atoms with E-state index in [1.54, 1.807) is 13.0 Å². The van der Waals surface area contributed by atoms with Crippen molar-refractivity contribution in [2.75, 3.05) is 6.54 Å². The third kappa shape index (κ3) is 3.61. The number of amides is 1. The Bertz CT molecular complexity index is 554. The molecular formula is C13H15FN4O. The van der Waals surface area contributed by atoms with Gasteiger partial charge in [-0.05, 0) is 31.0 Å². The van der Waals surface area contributed by atoms with Crippen LogP contribution in [0.5, 0.6) is 0 Å². The number of aryl methyl sites for hydroxylation is 2. The molecule has 0 bridgehead atoms. The van der Waals surface area contributed by atoms with Crippen LogP contribution in [0.25, 0.3) is 0 Å². The third-order valence-electron chi connectivity index (χ3n) is 2.71. The fourth-order valence-electron chi connectivity index (χ4n) is 1.71. The average Bonchev–Trinajstić information content (AvgIpc) is 2.87. The van der Waals surface area contributed by atoms with E-state index in [0.29, 0.717) is 19.4 Å². The predicted molar refractivity (Wildman–Crippen MR) is 68.2 cm³/mol. The zero-order chi connectivity index (χ0) is 13.7. The van der Waals surface area contributed by atoms with Crippen molar-refractivity contribution in [2.45, 2.75) is 19.8 Å². The molecule has 2 rings (SSSR count). The van der Waals surface area contributed by atoms with Crippen LogP contribution in [-0.4, -0.2) is 27.6 Å². The van der Waals surface area contributed by atoms with Crippen molar-refractivity contribution in [1.29, 1.82) is 0 Å². The fourth-order valence-corrected chi connectivity index (χ4v) is 1.71. The van der Waals surface area contributed by atoms with Crippen LogP contribution >= 0.6 is 0 Å². The van der Waals surface area contributed by atoms with Crippen molar-refractivity contribution in [3.05, 3.63) is 47.3 Å². The van der Waals surface area contributed by atoms with Gasteiger partial charge in [-0.15, -0.1) is 0 Å². The average molecular weight is 262 g/mol. The van der Waals surface area contributed by atoms with Gasteiger partial charge < -0.3 is 5.32 Å². The number of aromatic nitrogens is 3. The van der Waals surface area contributed by atoms with E-state index in [0.717, 1.165) is 11.4 Å². The van der Waals surface area contributed by atoms with Gasteiger partial charge in [0.05, 0.1) is 5.56 Å². The Balaban J connectivity index is 1.81. The minimum absolute atomic E-state index is 0.0743. The molecule has 1 aromatic heterocycles. The molecule has 5 nitrogen and oxygen atoms in total. The highest BCUT2D eigenvalue weighted by molar-refractivity contribution is 5.94. The van der Waals surface area contributed by atoms with Crippen molar-refractivity contribution >= 4 is 5.91 Å². The molecule has 0 saturated heterocycles. The van der Waals surface area contributed by atoms with Gasteiger partial charge in [0, 0.05) is 13.0 Å². The van der Waals surface area contributed by atoms with Gasteiger partial charge in [-0.2, -0.15) is 5.10 Å². The number of halogens is 1. The summed E-state index contributed by atoms with van der Waals surface area (Å²) in [5.74, 6) is -0.112. The van der Waals surface area contributed by atoms with Gasteiger partial charge in [-0.25, -0.2) is 9.37 Å². The molecule has 1 heterocycles. The molecule has 0 unspecified atom stereocenters. The number of hydrogen-bond acceptors (Lipinski definition) is 3. The summed E-state index contributed by atoms with van der Waals surface area (Å²) in [6.45, 7) is 2.25. The lowest BCUT2D eigenvalue weighted by Gasteiger charge is -2.06. The molecule has 6 heteroatoms. The largest absolute Gasteiger partial charge is 0.352 e. The molecule has 0 spiro atoms. The number of nitrogens with one attached hydrogen (secondary N) is 2. The maximum Gasteiger partial charge on any atom is 0.254 e. The first-order valence-corrected chi connectivity index (χ1v) is 6.05. The standard InChI is InChI=1S/C13H15FN4O/c1-9-4-5-10(11(14)7-9)13(19)15-6-2-3-12-16-8-17-18-12/h4-5,7-8H,2-3,6H2,1H3,(H,15,19)(H,16,17,18). The summed E-state index contributed by atoms with van der Waals surface area (Å²) in [5.41, 5.74) is 0.865. The van der Waals surface area contributed by atoms with Crippen molar-refractivity contribution < 1.29 is 9.18 Å². The van der Waals surface area contributed by atoms with Crippen molar-refractivity contribution in [3.63, 3.8) is 0 Å². The molecule has 0 aliphatic rings. The molecule has 0 fully saturated rings. The smallest absolute Gasteiger partial charge is 0.254 e. The summed E-state index contributed by atoms with van der Waals surface area (Å²) in [5, 5.41) is 9.15. The SMILES string of the molecule is Cc1ccc(C(=O)NCCCc2ncn[nH]2)c(F)c1. The minimum atomic E-state index is -0.493.